The molecule has 2 aromatic carbocycles. The van der Waals surface area contributed by atoms with Gasteiger partial charge in [-0.25, -0.2) is 10.1 Å². The van der Waals surface area contributed by atoms with Crippen molar-refractivity contribution in [1.82, 2.24) is 15.0 Å². The smallest absolute Gasteiger partial charge is 0.433 e. The Balaban J connectivity index is 1.50. The third kappa shape index (κ3) is 6.06. The lowest BCUT2D eigenvalue weighted by Gasteiger charge is -2.12. The van der Waals surface area contributed by atoms with Crippen LogP contribution in [0.2, 0.25) is 0 Å². The highest BCUT2D eigenvalue weighted by molar-refractivity contribution is 7.92. The van der Waals surface area contributed by atoms with Gasteiger partial charge in [0.2, 0.25) is 5.95 Å². The first kappa shape index (κ1) is 24.9. The van der Waals surface area contributed by atoms with E-state index in [0.29, 0.717) is 52.2 Å². The fraction of sp³-hybridized carbons (Fsp3) is 0.0870. The minimum Gasteiger partial charge on any atom is -0.493 e. The van der Waals surface area contributed by atoms with Crippen LogP contribution in [0.3, 0.4) is 0 Å². The molecule has 0 radical (unpaired) electrons. The van der Waals surface area contributed by atoms with Crippen molar-refractivity contribution in [2.45, 2.75) is 6.18 Å². The van der Waals surface area contributed by atoms with Crippen molar-refractivity contribution in [3.8, 4) is 34.3 Å². The minimum atomic E-state index is -4.56. The highest BCUT2D eigenvalue weighted by Crippen LogP contribution is 2.34. The second-order valence-corrected chi connectivity index (χ2v) is 7.53. The molecule has 0 aliphatic rings. The third-order valence-electron chi connectivity index (χ3n) is 4.72. The summed E-state index contributed by atoms with van der Waals surface area (Å²) >= 11 is 0.702. The van der Waals surface area contributed by atoms with Crippen molar-refractivity contribution >= 4 is 29.7 Å². The van der Waals surface area contributed by atoms with E-state index < -0.39 is 11.9 Å². The highest BCUT2D eigenvalue weighted by atomic mass is 32.2. The molecule has 186 valence electrons. The number of hydrogen-bond donors (Lipinski definition) is 3. The largest absolute Gasteiger partial charge is 0.493 e. The summed E-state index contributed by atoms with van der Waals surface area (Å²) in [4.78, 5) is 11.8. The molecule has 0 saturated carbocycles. The number of benzene rings is 2. The summed E-state index contributed by atoms with van der Waals surface area (Å²) in [5.41, 5.74) is 6.75. The molecule has 0 amide bonds. The molecular formula is C23H19F3N6O3S. The molecular weight excluding hydrogens is 497 g/mol. The zero-order valence-corrected chi connectivity index (χ0v) is 19.4. The SMILES string of the molecule is COc1cc(-c2cc(Nc3ccc(Oc4ccnc(C(F)(F)F)c4)cc3)nc(N)n2)ccc1OSN. The maximum absolute atomic E-state index is 12.9. The van der Waals surface area contributed by atoms with Gasteiger partial charge in [0.25, 0.3) is 0 Å². The summed E-state index contributed by atoms with van der Waals surface area (Å²) < 4.78 is 54.7. The van der Waals surface area contributed by atoms with Gasteiger partial charge < -0.3 is 24.7 Å². The van der Waals surface area contributed by atoms with E-state index in [1.807, 2.05) is 0 Å². The van der Waals surface area contributed by atoms with E-state index in [0.717, 1.165) is 12.3 Å². The fourth-order valence-electron chi connectivity index (χ4n) is 3.15. The molecule has 0 unspecified atom stereocenters. The molecule has 0 aliphatic heterocycles. The van der Waals surface area contributed by atoms with Gasteiger partial charge in [0.05, 0.1) is 12.8 Å². The van der Waals surface area contributed by atoms with Gasteiger partial charge in [-0.1, -0.05) is 0 Å². The summed E-state index contributed by atoms with van der Waals surface area (Å²) in [7, 11) is 1.51. The van der Waals surface area contributed by atoms with E-state index in [2.05, 4.69) is 20.3 Å². The van der Waals surface area contributed by atoms with Gasteiger partial charge in [-0.2, -0.15) is 18.2 Å². The van der Waals surface area contributed by atoms with Crippen LogP contribution in [-0.2, 0) is 6.18 Å². The number of pyridine rings is 1. The Labute approximate surface area is 208 Å². The highest BCUT2D eigenvalue weighted by Gasteiger charge is 2.32. The van der Waals surface area contributed by atoms with E-state index >= 15 is 0 Å². The van der Waals surface area contributed by atoms with Crippen LogP contribution < -0.4 is 29.8 Å². The molecule has 4 aromatic rings. The van der Waals surface area contributed by atoms with Crippen LogP contribution >= 0.6 is 12.2 Å². The first-order chi connectivity index (χ1) is 17.2. The van der Waals surface area contributed by atoms with Gasteiger partial charge in [-0.15, -0.1) is 0 Å². The quantitative estimate of drug-likeness (QED) is 0.201. The van der Waals surface area contributed by atoms with Crippen LogP contribution in [0.1, 0.15) is 5.69 Å². The number of methoxy groups -OCH3 is 1. The zero-order chi connectivity index (χ0) is 25.7. The molecule has 5 N–H and O–H groups in total. The Morgan fingerprint density at radius 1 is 0.917 bits per heavy atom. The number of nitrogens with zero attached hydrogens (tertiary/aromatic N) is 3. The molecule has 4 rings (SSSR count). The molecule has 0 aliphatic carbocycles. The van der Waals surface area contributed by atoms with Crippen LogP contribution in [0.15, 0.2) is 66.9 Å². The average Bonchev–Trinajstić information content (AvgIpc) is 2.85. The van der Waals surface area contributed by atoms with Crippen molar-refractivity contribution in [3.05, 3.63) is 72.6 Å². The van der Waals surface area contributed by atoms with Crippen molar-refractivity contribution in [2.24, 2.45) is 5.14 Å². The Hall–Kier alpha value is -4.23. The minimum absolute atomic E-state index is 0.0168. The summed E-state index contributed by atoms with van der Waals surface area (Å²) in [6, 6.07) is 15.6. The second-order valence-electron chi connectivity index (χ2n) is 7.17. The van der Waals surface area contributed by atoms with E-state index in [1.54, 1.807) is 48.5 Å². The molecule has 2 aromatic heterocycles. The number of hydrogen-bond acceptors (Lipinski definition) is 10. The summed E-state index contributed by atoms with van der Waals surface area (Å²) in [6.07, 6.45) is -3.52. The van der Waals surface area contributed by atoms with Crippen molar-refractivity contribution in [1.29, 1.82) is 0 Å². The van der Waals surface area contributed by atoms with Crippen LogP contribution in [0.5, 0.6) is 23.0 Å². The van der Waals surface area contributed by atoms with Crippen LogP contribution in [0.4, 0.5) is 30.6 Å². The van der Waals surface area contributed by atoms with Gasteiger partial charge in [-0.05, 0) is 48.5 Å². The summed E-state index contributed by atoms with van der Waals surface area (Å²) in [6.45, 7) is 0. The molecule has 13 heteroatoms. The third-order valence-corrected chi connectivity index (χ3v) is 5.00. The Kier molecular flexibility index (Phi) is 7.31. The second kappa shape index (κ2) is 10.6. The van der Waals surface area contributed by atoms with Gasteiger partial charge in [0.1, 0.15) is 35.2 Å². The molecule has 0 spiro atoms. The maximum atomic E-state index is 12.9. The number of nitrogen functional groups attached to an aromatic ring is 1. The lowest BCUT2D eigenvalue weighted by molar-refractivity contribution is -0.141. The molecule has 2 heterocycles. The predicted molar refractivity (Wildman–Crippen MR) is 130 cm³/mol. The van der Waals surface area contributed by atoms with Crippen molar-refractivity contribution in [2.75, 3.05) is 18.2 Å². The van der Waals surface area contributed by atoms with E-state index in [9.17, 15) is 13.2 Å². The molecule has 0 atom stereocenters. The summed E-state index contributed by atoms with van der Waals surface area (Å²) in [5, 5.41) is 8.47. The molecule has 36 heavy (non-hydrogen) atoms. The Bertz CT molecular complexity index is 1360. The molecule has 0 fully saturated rings. The van der Waals surface area contributed by atoms with E-state index in [-0.39, 0.29) is 11.7 Å². The number of ether oxygens (including phenoxy) is 2. The zero-order valence-electron chi connectivity index (χ0n) is 18.6. The topological polar surface area (TPSA) is 130 Å². The van der Waals surface area contributed by atoms with E-state index in [1.165, 1.54) is 13.2 Å². The van der Waals surface area contributed by atoms with Gasteiger partial charge in [0.15, 0.2) is 11.5 Å². The number of nitrogens with one attached hydrogen (secondary N) is 1. The normalized spacial score (nSPS) is 11.1. The Morgan fingerprint density at radius 3 is 2.39 bits per heavy atom. The van der Waals surface area contributed by atoms with Crippen LogP contribution in [-0.4, -0.2) is 22.1 Å². The lowest BCUT2D eigenvalue weighted by atomic mass is 10.1. The van der Waals surface area contributed by atoms with E-state index in [4.69, 9.17) is 24.5 Å². The fourth-order valence-corrected chi connectivity index (χ4v) is 3.39. The summed E-state index contributed by atoms with van der Waals surface area (Å²) in [5.74, 6) is 1.75. The first-order valence-electron chi connectivity index (χ1n) is 10.2. The molecule has 9 nitrogen and oxygen atoms in total. The standard InChI is InChI=1S/C23H19F3N6O3S/c1-33-19-10-13(2-7-18(19)35-36-28)17-12-21(32-22(27)31-17)30-14-3-5-15(6-4-14)34-16-8-9-29-20(11-16)23(24,25)26/h2-12H,28H2,1H3,(H3,27,30,31,32). The molecule has 0 saturated heterocycles. The van der Waals surface area contributed by atoms with Gasteiger partial charge in [-0.3, -0.25) is 4.98 Å². The Morgan fingerprint density at radius 2 is 1.69 bits per heavy atom. The molecule has 0 bridgehead atoms. The number of aromatic nitrogens is 3. The number of halogens is 3. The average molecular weight is 517 g/mol. The maximum Gasteiger partial charge on any atom is 0.433 e. The van der Waals surface area contributed by atoms with Gasteiger partial charge >= 0.3 is 6.18 Å². The number of nitrogens with two attached hydrogens (primary N) is 2. The predicted octanol–water partition coefficient (Wildman–Crippen LogP) is 5.58. The lowest BCUT2D eigenvalue weighted by Crippen LogP contribution is -2.07. The van der Waals surface area contributed by atoms with Crippen LogP contribution in [0.25, 0.3) is 11.3 Å². The van der Waals surface area contributed by atoms with Crippen molar-refractivity contribution in [3.63, 3.8) is 0 Å². The van der Waals surface area contributed by atoms with Crippen molar-refractivity contribution < 1.29 is 26.8 Å². The monoisotopic (exact) mass is 516 g/mol. The number of rotatable bonds is 8. The first-order valence-corrected chi connectivity index (χ1v) is 11.0. The van der Waals surface area contributed by atoms with Crippen LogP contribution in [0, 0.1) is 0 Å². The number of anilines is 3. The van der Waals surface area contributed by atoms with Gasteiger partial charge in [0, 0.05) is 29.6 Å². The number of alkyl halides is 3.